The van der Waals surface area contributed by atoms with E-state index in [4.69, 9.17) is 9.84 Å². The van der Waals surface area contributed by atoms with Crippen molar-refractivity contribution in [2.75, 3.05) is 31.7 Å². The van der Waals surface area contributed by atoms with Crippen molar-refractivity contribution in [3.8, 4) is 0 Å². The van der Waals surface area contributed by atoms with Gasteiger partial charge in [0.15, 0.2) is 6.61 Å². The number of esters is 2. The molecule has 2 N–H and O–H groups in total. The molecule has 196 valence electrons. The van der Waals surface area contributed by atoms with Crippen LogP contribution in [-0.4, -0.2) is 55.6 Å². The maximum absolute atomic E-state index is 11.4. The first kappa shape index (κ1) is 32.0. The van der Waals surface area contributed by atoms with Gasteiger partial charge in [-0.05, 0) is 75.9 Å². The molecule has 0 unspecified atom stereocenters. The number of aliphatic hydroxyl groups is 1. The zero-order valence-electron chi connectivity index (χ0n) is 21.5. The highest BCUT2D eigenvalue weighted by Gasteiger charge is 2.09. The Bertz CT molecular complexity index is 1050. The van der Waals surface area contributed by atoms with Crippen LogP contribution in [0.3, 0.4) is 0 Å². The van der Waals surface area contributed by atoms with E-state index in [1.807, 2.05) is 64.1 Å². The highest BCUT2D eigenvalue weighted by atomic mass is 16.6. The van der Waals surface area contributed by atoms with E-state index in [9.17, 15) is 19.2 Å². The summed E-state index contributed by atoms with van der Waals surface area (Å²) in [5.41, 5.74) is 5.43. The summed E-state index contributed by atoms with van der Waals surface area (Å²) < 4.78 is 13.7. The summed E-state index contributed by atoms with van der Waals surface area (Å²) in [4.78, 5) is 45.9. The Balaban J connectivity index is 0.000000576. The van der Waals surface area contributed by atoms with Gasteiger partial charge < -0.3 is 19.3 Å². The summed E-state index contributed by atoms with van der Waals surface area (Å²) >= 11 is 0. The van der Waals surface area contributed by atoms with Crippen LogP contribution in [0.25, 0.3) is 0 Å². The lowest BCUT2D eigenvalue weighted by atomic mass is 10.1. The number of nitrogens with zero attached hydrogens (tertiary/aromatic N) is 1. The number of ether oxygens (including phenoxy) is 3. The third-order valence-corrected chi connectivity index (χ3v) is 4.22. The number of carbonyl (C=O) groups is 3. The van der Waals surface area contributed by atoms with E-state index >= 15 is 0 Å². The maximum Gasteiger partial charge on any atom is 0.412 e. The Morgan fingerprint density at radius 3 is 1.94 bits per heavy atom. The highest BCUT2D eigenvalue weighted by Crippen LogP contribution is 2.18. The minimum Gasteiger partial charge on any atom is -0.464 e. The van der Waals surface area contributed by atoms with E-state index in [0.29, 0.717) is 18.0 Å². The van der Waals surface area contributed by atoms with Crippen LogP contribution in [0.4, 0.5) is 16.2 Å². The number of anilines is 1. The molecule has 36 heavy (non-hydrogen) atoms. The normalized spacial score (nSPS) is 9.19. The van der Waals surface area contributed by atoms with Crippen molar-refractivity contribution in [1.82, 2.24) is 0 Å². The average Bonchev–Trinajstić information content (AvgIpc) is 2.84. The first-order chi connectivity index (χ1) is 17.1. The fourth-order valence-electron chi connectivity index (χ4n) is 2.44. The number of rotatable bonds is 7. The van der Waals surface area contributed by atoms with Crippen LogP contribution in [-0.2, 0) is 28.6 Å². The molecule has 2 aromatic carbocycles. The second kappa shape index (κ2) is 18.3. The van der Waals surface area contributed by atoms with E-state index < -0.39 is 24.6 Å². The molecular formula is C26H34N2O8. The SMILES string of the molecule is CCOC(=O)CO.CCOC(=O)COC(=O)Nc1cc(C)ccc1C.Cc1ccc(C)c(N=C=O)c1. The number of hydrogen-bond donors (Lipinski definition) is 2. The van der Waals surface area contributed by atoms with E-state index in [-0.39, 0.29) is 13.2 Å². The first-order valence-corrected chi connectivity index (χ1v) is 11.2. The number of aryl methyl sites for hydroxylation is 4. The summed E-state index contributed by atoms with van der Waals surface area (Å²) in [6.45, 7) is 10.7. The van der Waals surface area contributed by atoms with E-state index in [1.54, 1.807) is 13.8 Å². The molecule has 10 heteroatoms. The minimum absolute atomic E-state index is 0.265. The van der Waals surface area contributed by atoms with Crippen LogP contribution in [0, 0.1) is 27.7 Å². The standard InChI is InChI=1S/C13H17NO4.C9H9NO.C4H8O3/c1-4-17-12(15)8-18-13(16)14-11-7-9(2)5-6-10(11)3;1-7-3-4-8(2)9(5-7)10-6-11;1-2-7-4(6)3-5/h5-7H,4,8H2,1-3H3,(H,14,16);3-5H,1-2H3;5H,2-3H2,1H3. The zero-order valence-corrected chi connectivity index (χ0v) is 21.5. The van der Waals surface area contributed by atoms with Crippen molar-refractivity contribution in [2.45, 2.75) is 41.5 Å². The fourth-order valence-corrected chi connectivity index (χ4v) is 2.44. The number of hydrogen-bond acceptors (Lipinski definition) is 9. The molecule has 0 aliphatic carbocycles. The van der Waals surface area contributed by atoms with Crippen molar-refractivity contribution in [1.29, 1.82) is 0 Å². The van der Waals surface area contributed by atoms with Crippen molar-refractivity contribution < 1.29 is 38.5 Å². The molecule has 10 nitrogen and oxygen atoms in total. The van der Waals surface area contributed by atoms with Crippen LogP contribution in [0.1, 0.15) is 36.1 Å². The van der Waals surface area contributed by atoms with Gasteiger partial charge in [-0.3, -0.25) is 5.32 Å². The van der Waals surface area contributed by atoms with Gasteiger partial charge in [-0.15, -0.1) is 0 Å². The van der Waals surface area contributed by atoms with Crippen LogP contribution in [0.5, 0.6) is 0 Å². The number of isocyanates is 1. The monoisotopic (exact) mass is 502 g/mol. The summed E-state index contributed by atoms with van der Waals surface area (Å²) in [5.74, 6) is -1.13. The Morgan fingerprint density at radius 2 is 1.42 bits per heavy atom. The molecule has 2 rings (SSSR count). The van der Waals surface area contributed by atoms with E-state index in [0.717, 1.165) is 22.3 Å². The second-order valence-electron chi connectivity index (χ2n) is 7.28. The summed E-state index contributed by atoms with van der Waals surface area (Å²) in [6, 6.07) is 11.5. The number of carbonyl (C=O) groups excluding carboxylic acids is 4. The molecule has 2 aromatic rings. The number of nitrogens with one attached hydrogen (secondary N) is 1. The molecule has 0 radical (unpaired) electrons. The Morgan fingerprint density at radius 1 is 0.861 bits per heavy atom. The van der Waals surface area contributed by atoms with Gasteiger partial charge in [0.25, 0.3) is 0 Å². The number of benzene rings is 2. The maximum atomic E-state index is 11.4. The first-order valence-electron chi connectivity index (χ1n) is 11.2. The van der Waals surface area contributed by atoms with Gasteiger partial charge in [0.2, 0.25) is 6.08 Å². The fraction of sp³-hybridized carbons (Fsp3) is 0.385. The lowest BCUT2D eigenvalue weighted by Crippen LogP contribution is -2.20. The van der Waals surface area contributed by atoms with Gasteiger partial charge in [0.1, 0.15) is 6.61 Å². The quantitative estimate of drug-likeness (QED) is 0.248. The topological polar surface area (TPSA) is 141 Å². The summed E-state index contributed by atoms with van der Waals surface area (Å²) in [6.07, 6.45) is 0.857. The summed E-state index contributed by atoms with van der Waals surface area (Å²) in [5, 5.41) is 10.6. The molecule has 0 fully saturated rings. The van der Waals surface area contributed by atoms with Gasteiger partial charge >= 0.3 is 18.0 Å². The summed E-state index contributed by atoms with van der Waals surface area (Å²) in [7, 11) is 0. The second-order valence-corrected chi connectivity index (χ2v) is 7.28. The highest BCUT2D eigenvalue weighted by molar-refractivity contribution is 5.87. The van der Waals surface area contributed by atoms with Crippen LogP contribution in [0.2, 0.25) is 0 Å². The lowest BCUT2D eigenvalue weighted by Gasteiger charge is -2.09. The molecule has 0 aromatic heterocycles. The van der Waals surface area contributed by atoms with Crippen LogP contribution < -0.4 is 5.32 Å². The lowest BCUT2D eigenvalue weighted by molar-refractivity contribution is -0.147. The number of aliphatic imine (C=N–C) groups is 1. The molecule has 0 saturated heterocycles. The zero-order chi connectivity index (χ0) is 27.5. The molecule has 0 bridgehead atoms. The molecular weight excluding hydrogens is 468 g/mol. The van der Waals surface area contributed by atoms with E-state index in [2.05, 4.69) is 19.8 Å². The van der Waals surface area contributed by atoms with Gasteiger partial charge in [-0.25, -0.2) is 19.2 Å². The van der Waals surface area contributed by atoms with Crippen molar-refractivity contribution >= 4 is 35.5 Å². The van der Waals surface area contributed by atoms with Crippen LogP contribution in [0.15, 0.2) is 41.4 Å². The Kier molecular flexibility index (Phi) is 16.3. The predicted molar refractivity (Wildman–Crippen MR) is 135 cm³/mol. The van der Waals surface area contributed by atoms with Crippen molar-refractivity contribution in [2.24, 2.45) is 4.99 Å². The van der Waals surface area contributed by atoms with E-state index in [1.165, 1.54) is 6.08 Å². The third kappa shape index (κ3) is 14.3. The molecule has 0 spiro atoms. The molecule has 0 aliphatic rings. The van der Waals surface area contributed by atoms with Gasteiger partial charge in [-0.2, -0.15) is 4.99 Å². The largest absolute Gasteiger partial charge is 0.464 e. The smallest absolute Gasteiger partial charge is 0.412 e. The predicted octanol–water partition coefficient (Wildman–Crippen LogP) is 4.23. The van der Waals surface area contributed by atoms with Crippen molar-refractivity contribution in [3.05, 3.63) is 58.7 Å². The molecule has 0 heterocycles. The average molecular weight is 503 g/mol. The van der Waals surface area contributed by atoms with Gasteiger partial charge in [-0.1, -0.05) is 24.3 Å². The molecule has 0 atom stereocenters. The number of amides is 1. The minimum atomic E-state index is -0.670. The van der Waals surface area contributed by atoms with Gasteiger partial charge in [0, 0.05) is 5.69 Å². The number of aliphatic hydroxyl groups excluding tert-OH is 1. The molecule has 0 saturated carbocycles. The van der Waals surface area contributed by atoms with Gasteiger partial charge in [0.05, 0.1) is 18.9 Å². The molecule has 0 aliphatic heterocycles. The van der Waals surface area contributed by atoms with Crippen molar-refractivity contribution in [3.63, 3.8) is 0 Å². The third-order valence-electron chi connectivity index (χ3n) is 4.22. The molecule has 1 amide bonds. The van der Waals surface area contributed by atoms with Crippen LogP contribution >= 0.6 is 0 Å². The Hall–Kier alpha value is -4.01. The Labute approximate surface area is 211 Å².